The number of aryl methyl sites for hydroxylation is 2. The van der Waals surface area contributed by atoms with Gasteiger partial charge in [-0.05, 0) is 44.0 Å². The summed E-state index contributed by atoms with van der Waals surface area (Å²) in [4.78, 5) is 11.4. The van der Waals surface area contributed by atoms with Crippen molar-refractivity contribution in [2.75, 3.05) is 0 Å². The number of carboxylic acids is 1. The van der Waals surface area contributed by atoms with Crippen LogP contribution in [0.15, 0.2) is 22.7 Å². The molecule has 0 radical (unpaired) electrons. The fraction of sp³-hybridized carbons (Fsp3) is 0.214. The quantitative estimate of drug-likeness (QED) is 0.925. The van der Waals surface area contributed by atoms with Crippen molar-refractivity contribution in [1.82, 2.24) is 10.2 Å². The number of hydrogen-bond donors (Lipinski definition) is 1. The molecule has 0 aliphatic heterocycles. The molecule has 5 nitrogen and oxygen atoms in total. The molecule has 1 aromatic carbocycles. The van der Waals surface area contributed by atoms with E-state index in [0.717, 1.165) is 10.0 Å². The first-order valence-electron chi connectivity index (χ1n) is 5.91. The van der Waals surface area contributed by atoms with Crippen LogP contribution in [0.4, 0.5) is 0 Å². The fourth-order valence-corrected chi connectivity index (χ4v) is 2.04. The van der Waals surface area contributed by atoms with Crippen LogP contribution < -0.4 is 4.74 Å². The fourth-order valence-electron chi connectivity index (χ4n) is 1.70. The van der Waals surface area contributed by atoms with E-state index in [2.05, 4.69) is 26.1 Å². The highest BCUT2D eigenvalue weighted by molar-refractivity contribution is 9.10. The average molecular weight is 337 g/mol. The van der Waals surface area contributed by atoms with Crippen LogP contribution in [0.1, 0.15) is 27.2 Å². The molecular formula is C14H13BrN2O3. The topological polar surface area (TPSA) is 72.3 Å². The van der Waals surface area contributed by atoms with Gasteiger partial charge in [-0.3, -0.25) is 0 Å². The minimum Gasteiger partial charge on any atom is -0.477 e. The number of hydrogen-bond acceptors (Lipinski definition) is 4. The molecule has 1 aromatic heterocycles. The number of ether oxygens (including phenoxy) is 1. The Kier molecular flexibility index (Phi) is 4.04. The Bertz CT molecular complexity index is 686. The van der Waals surface area contributed by atoms with Gasteiger partial charge in [-0.2, -0.15) is 5.10 Å². The number of aromatic carboxylic acids is 1. The van der Waals surface area contributed by atoms with E-state index in [9.17, 15) is 9.90 Å². The lowest BCUT2D eigenvalue weighted by Gasteiger charge is -2.12. The van der Waals surface area contributed by atoms with E-state index in [1.165, 1.54) is 0 Å². The predicted molar refractivity (Wildman–Crippen MR) is 77.4 cm³/mol. The normalized spacial score (nSPS) is 10.4. The minimum absolute atomic E-state index is 0.00167. The molecule has 6 heteroatoms. The van der Waals surface area contributed by atoms with E-state index in [1.807, 2.05) is 19.1 Å². The smallest absolute Gasteiger partial charge is 0.341 e. The van der Waals surface area contributed by atoms with Gasteiger partial charge in [0, 0.05) is 4.47 Å². The van der Waals surface area contributed by atoms with Gasteiger partial charge in [0.2, 0.25) is 0 Å². The van der Waals surface area contributed by atoms with Crippen molar-refractivity contribution in [2.24, 2.45) is 0 Å². The second-order valence-corrected chi connectivity index (χ2v) is 5.32. The summed E-state index contributed by atoms with van der Waals surface area (Å²) in [5.41, 5.74) is 2.04. The Hall–Kier alpha value is -1.95. The van der Waals surface area contributed by atoms with Gasteiger partial charge in [-0.1, -0.05) is 22.0 Å². The maximum Gasteiger partial charge on any atom is 0.341 e. The van der Waals surface area contributed by atoms with Crippen molar-refractivity contribution in [3.63, 3.8) is 0 Å². The number of carboxylic acid groups (broad SMARTS) is 1. The zero-order valence-electron chi connectivity index (χ0n) is 11.3. The van der Waals surface area contributed by atoms with Gasteiger partial charge in [-0.15, -0.1) is 5.10 Å². The molecular weight excluding hydrogens is 324 g/mol. The van der Waals surface area contributed by atoms with Crippen LogP contribution in [0.3, 0.4) is 0 Å². The van der Waals surface area contributed by atoms with Crippen LogP contribution in [0.5, 0.6) is 11.6 Å². The molecule has 0 unspecified atom stereocenters. The molecule has 1 heterocycles. The molecule has 0 amide bonds. The molecule has 0 fully saturated rings. The first-order valence-corrected chi connectivity index (χ1v) is 6.70. The molecule has 0 spiro atoms. The van der Waals surface area contributed by atoms with Gasteiger partial charge >= 0.3 is 5.97 Å². The molecule has 2 aromatic rings. The van der Waals surface area contributed by atoms with Crippen molar-refractivity contribution in [1.29, 1.82) is 0 Å². The van der Waals surface area contributed by atoms with Gasteiger partial charge in [0.05, 0.1) is 5.69 Å². The third kappa shape index (κ3) is 2.80. The number of benzene rings is 1. The average Bonchev–Trinajstić information content (AvgIpc) is 2.38. The summed E-state index contributed by atoms with van der Waals surface area (Å²) in [7, 11) is 0. The second kappa shape index (κ2) is 5.58. The van der Waals surface area contributed by atoms with Crippen molar-refractivity contribution in [3.05, 3.63) is 45.1 Å². The van der Waals surface area contributed by atoms with E-state index in [4.69, 9.17) is 4.74 Å². The molecule has 20 heavy (non-hydrogen) atoms. The van der Waals surface area contributed by atoms with Gasteiger partial charge in [0.1, 0.15) is 11.3 Å². The highest BCUT2D eigenvalue weighted by atomic mass is 79.9. The van der Waals surface area contributed by atoms with E-state index >= 15 is 0 Å². The zero-order chi connectivity index (χ0) is 14.9. The highest BCUT2D eigenvalue weighted by Crippen LogP contribution is 2.30. The Morgan fingerprint density at radius 3 is 2.60 bits per heavy atom. The summed E-state index contributed by atoms with van der Waals surface area (Å²) in [5, 5.41) is 17.1. The zero-order valence-corrected chi connectivity index (χ0v) is 12.9. The molecule has 0 saturated carbocycles. The van der Waals surface area contributed by atoms with Gasteiger partial charge in [0.25, 0.3) is 5.88 Å². The molecule has 0 aliphatic carbocycles. The maximum atomic E-state index is 11.4. The molecule has 104 valence electrons. The number of halogens is 1. The molecule has 0 aliphatic rings. The van der Waals surface area contributed by atoms with Crippen LogP contribution in [0.25, 0.3) is 0 Å². The predicted octanol–water partition coefficient (Wildman–Crippen LogP) is 3.65. The van der Waals surface area contributed by atoms with Crippen molar-refractivity contribution >= 4 is 21.9 Å². The van der Waals surface area contributed by atoms with Crippen LogP contribution in [-0.2, 0) is 0 Å². The van der Waals surface area contributed by atoms with Crippen molar-refractivity contribution in [3.8, 4) is 11.6 Å². The Morgan fingerprint density at radius 1 is 1.25 bits per heavy atom. The number of carbonyl (C=O) groups is 1. The standard InChI is InChI=1S/C14H13BrN2O3/c1-7-4-5-10(15)6-11(7)20-13-12(14(18)19)8(2)9(3)16-17-13/h4-6H,1-3H3,(H,18,19). The first kappa shape index (κ1) is 14.5. The monoisotopic (exact) mass is 336 g/mol. The summed E-state index contributed by atoms with van der Waals surface area (Å²) < 4.78 is 6.47. The lowest BCUT2D eigenvalue weighted by Crippen LogP contribution is -2.08. The van der Waals surface area contributed by atoms with Crippen LogP contribution in [-0.4, -0.2) is 21.3 Å². The van der Waals surface area contributed by atoms with Crippen LogP contribution in [0.2, 0.25) is 0 Å². The van der Waals surface area contributed by atoms with Gasteiger partial charge in [0.15, 0.2) is 0 Å². The van der Waals surface area contributed by atoms with Crippen molar-refractivity contribution < 1.29 is 14.6 Å². The maximum absolute atomic E-state index is 11.4. The van der Waals surface area contributed by atoms with E-state index in [0.29, 0.717) is 17.0 Å². The summed E-state index contributed by atoms with van der Waals surface area (Å²) in [6.07, 6.45) is 0. The van der Waals surface area contributed by atoms with Gasteiger partial charge < -0.3 is 9.84 Å². The Morgan fingerprint density at radius 2 is 1.95 bits per heavy atom. The molecule has 0 saturated heterocycles. The first-order chi connectivity index (χ1) is 9.40. The van der Waals surface area contributed by atoms with Crippen molar-refractivity contribution in [2.45, 2.75) is 20.8 Å². The van der Waals surface area contributed by atoms with Crippen LogP contribution in [0, 0.1) is 20.8 Å². The lowest BCUT2D eigenvalue weighted by molar-refractivity contribution is 0.0692. The van der Waals surface area contributed by atoms with E-state index < -0.39 is 5.97 Å². The number of aromatic nitrogens is 2. The van der Waals surface area contributed by atoms with E-state index in [1.54, 1.807) is 19.9 Å². The summed E-state index contributed by atoms with van der Waals surface area (Å²) in [6, 6.07) is 5.51. The summed E-state index contributed by atoms with van der Waals surface area (Å²) >= 11 is 3.35. The van der Waals surface area contributed by atoms with Crippen LogP contribution >= 0.6 is 15.9 Å². The Balaban J connectivity index is 2.51. The lowest BCUT2D eigenvalue weighted by atomic mass is 10.1. The second-order valence-electron chi connectivity index (χ2n) is 4.41. The molecule has 0 bridgehead atoms. The molecule has 2 rings (SSSR count). The Labute approximate surface area is 124 Å². The van der Waals surface area contributed by atoms with E-state index in [-0.39, 0.29) is 11.4 Å². The highest BCUT2D eigenvalue weighted by Gasteiger charge is 2.20. The largest absolute Gasteiger partial charge is 0.477 e. The number of rotatable bonds is 3. The third-order valence-corrected chi connectivity index (χ3v) is 3.49. The minimum atomic E-state index is -1.08. The summed E-state index contributed by atoms with van der Waals surface area (Å²) in [5.74, 6) is -0.538. The number of nitrogens with zero attached hydrogens (tertiary/aromatic N) is 2. The van der Waals surface area contributed by atoms with Gasteiger partial charge in [-0.25, -0.2) is 4.79 Å². The molecule has 1 N–H and O–H groups in total. The summed E-state index contributed by atoms with van der Waals surface area (Å²) in [6.45, 7) is 5.27. The third-order valence-electron chi connectivity index (χ3n) is 2.99. The molecule has 0 atom stereocenters. The SMILES string of the molecule is Cc1ccc(Br)cc1Oc1nnc(C)c(C)c1C(=O)O.